The van der Waals surface area contributed by atoms with Gasteiger partial charge in [-0.2, -0.15) is 5.10 Å². The van der Waals surface area contributed by atoms with Gasteiger partial charge in [0.1, 0.15) is 15.5 Å². The summed E-state index contributed by atoms with van der Waals surface area (Å²) in [6, 6.07) is 0. The predicted molar refractivity (Wildman–Crippen MR) is 69.0 cm³/mol. The second-order valence-electron chi connectivity index (χ2n) is 4.33. The first-order valence-electron chi connectivity index (χ1n) is 5.35. The van der Waals surface area contributed by atoms with Crippen molar-refractivity contribution >= 4 is 21.4 Å². The van der Waals surface area contributed by atoms with Crippen molar-refractivity contribution in [1.82, 2.24) is 14.7 Å². The fourth-order valence-electron chi connectivity index (χ4n) is 1.51. The summed E-state index contributed by atoms with van der Waals surface area (Å²) in [7, 11) is 0.0655. The lowest BCUT2D eigenvalue weighted by Crippen LogP contribution is -2.33. The van der Waals surface area contributed by atoms with E-state index in [1.54, 1.807) is 14.0 Å². The zero-order valence-corrected chi connectivity index (χ0v) is 11.8. The Hall–Kier alpha value is -1.57. The number of nitrogens with zero attached hydrogens (tertiary/aromatic N) is 3. The molecular weight excluding hydrogens is 256 g/mol. The van der Waals surface area contributed by atoms with E-state index in [-0.39, 0.29) is 23.9 Å². The number of amides is 1. The van der Waals surface area contributed by atoms with Crippen LogP contribution >= 0.6 is 0 Å². The third-order valence-corrected chi connectivity index (χ3v) is 3.54. The second kappa shape index (κ2) is 4.97. The molecule has 0 aliphatic rings. The van der Waals surface area contributed by atoms with E-state index in [9.17, 15) is 13.2 Å². The molecule has 1 aromatic rings. The Morgan fingerprint density at radius 2 is 2.06 bits per heavy atom. The van der Waals surface area contributed by atoms with Crippen molar-refractivity contribution in [2.24, 2.45) is 7.05 Å². The number of aryl methyl sites for hydroxylation is 2. The van der Waals surface area contributed by atoms with Crippen molar-refractivity contribution in [3.63, 3.8) is 0 Å². The second-order valence-corrected chi connectivity index (χ2v) is 6.59. The minimum atomic E-state index is -3.10. The number of hydrogen-bond donors (Lipinski definition) is 1. The van der Waals surface area contributed by atoms with Gasteiger partial charge in [-0.25, -0.2) is 8.42 Å². The van der Waals surface area contributed by atoms with E-state index in [0.29, 0.717) is 11.4 Å². The third-order valence-electron chi connectivity index (χ3n) is 2.62. The molecule has 18 heavy (non-hydrogen) atoms. The van der Waals surface area contributed by atoms with Crippen LogP contribution in [0.4, 0.5) is 5.69 Å². The number of nitrogen functional groups attached to an aromatic ring is 1. The predicted octanol–water partition coefficient (Wildman–Crippen LogP) is -0.573. The van der Waals surface area contributed by atoms with Gasteiger partial charge in [-0.1, -0.05) is 0 Å². The summed E-state index contributed by atoms with van der Waals surface area (Å²) in [5.41, 5.74) is 6.96. The van der Waals surface area contributed by atoms with E-state index in [0.717, 1.165) is 6.26 Å². The molecule has 2 N–H and O–H groups in total. The maximum absolute atomic E-state index is 12.1. The molecule has 0 saturated heterocycles. The zero-order valence-electron chi connectivity index (χ0n) is 11.0. The highest BCUT2D eigenvalue weighted by molar-refractivity contribution is 7.90. The number of hydrogen-bond acceptors (Lipinski definition) is 5. The van der Waals surface area contributed by atoms with Gasteiger partial charge in [0.05, 0.1) is 17.1 Å². The summed E-state index contributed by atoms with van der Waals surface area (Å²) in [6.07, 6.45) is 1.13. The molecule has 1 aromatic heterocycles. The quantitative estimate of drug-likeness (QED) is 0.792. The number of carbonyl (C=O) groups is 1. The van der Waals surface area contributed by atoms with Crippen LogP contribution in [-0.4, -0.2) is 54.6 Å². The van der Waals surface area contributed by atoms with Gasteiger partial charge in [0, 0.05) is 26.9 Å². The topological polar surface area (TPSA) is 98.3 Å². The number of anilines is 1. The summed E-state index contributed by atoms with van der Waals surface area (Å²) < 4.78 is 23.5. The highest BCUT2D eigenvalue weighted by Crippen LogP contribution is 2.16. The molecule has 102 valence electrons. The molecule has 8 heteroatoms. The molecule has 0 bridgehead atoms. The maximum Gasteiger partial charge on any atom is 0.274 e. The first-order valence-corrected chi connectivity index (χ1v) is 7.42. The Balaban J connectivity index is 2.87. The van der Waals surface area contributed by atoms with E-state index < -0.39 is 9.84 Å². The molecular formula is C10H18N4O3S. The molecule has 0 radical (unpaired) electrons. The number of carbonyl (C=O) groups excluding carboxylic acids is 1. The van der Waals surface area contributed by atoms with Crippen LogP contribution in [0.2, 0.25) is 0 Å². The standard InChI is InChI=1S/C10H18N4O3S/c1-7-8(11)9(14(3)12-7)10(15)13(2)5-6-18(4,16)17/h5-6,11H2,1-4H3. The van der Waals surface area contributed by atoms with Gasteiger partial charge in [0.25, 0.3) is 5.91 Å². The molecule has 0 aromatic carbocycles. The lowest BCUT2D eigenvalue weighted by molar-refractivity contribution is 0.0793. The number of aromatic nitrogens is 2. The molecule has 0 aliphatic carbocycles. The van der Waals surface area contributed by atoms with Gasteiger partial charge in [-0.15, -0.1) is 0 Å². The van der Waals surface area contributed by atoms with Crippen LogP contribution in [0.15, 0.2) is 0 Å². The van der Waals surface area contributed by atoms with E-state index in [2.05, 4.69) is 5.10 Å². The van der Waals surface area contributed by atoms with E-state index in [4.69, 9.17) is 5.73 Å². The molecule has 0 saturated carbocycles. The summed E-state index contributed by atoms with van der Waals surface area (Å²) in [5, 5.41) is 4.05. The van der Waals surface area contributed by atoms with Gasteiger partial charge in [0.2, 0.25) is 0 Å². The molecule has 1 rings (SSSR count). The van der Waals surface area contributed by atoms with Crippen LogP contribution < -0.4 is 5.73 Å². The molecule has 0 atom stereocenters. The smallest absolute Gasteiger partial charge is 0.274 e. The average Bonchev–Trinajstić information content (AvgIpc) is 2.48. The molecule has 1 heterocycles. The van der Waals surface area contributed by atoms with Crippen LogP contribution in [0.25, 0.3) is 0 Å². The molecule has 1 amide bonds. The Morgan fingerprint density at radius 3 is 2.44 bits per heavy atom. The number of nitrogens with two attached hydrogens (primary N) is 1. The monoisotopic (exact) mass is 274 g/mol. The minimum absolute atomic E-state index is 0.0774. The van der Waals surface area contributed by atoms with Crippen molar-refractivity contribution in [3.8, 4) is 0 Å². The first kappa shape index (κ1) is 14.5. The molecule has 7 nitrogen and oxygen atoms in total. The van der Waals surface area contributed by atoms with Crippen LogP contribution in [0, 0.1) is 6.92 Å². The lowest BCUT2D eigenvalue weighted by Gasteiger charge is -2.16. The fourth-order valence-corrected chi connectivity index (χ4v) is 2.12. The third kappa shape index (κ3) is 3.22. The number of rotatable bonds is 4. The van der Waals surface area contributed by atoms with E-state index in [1.807, 2.05) is 0 Å². The van der Waals surface area contributed by atoms with Crippen molar-refractivity contribution < 1.29 is 13.2 Å². The summed E-state index contributed by atoms with van der Waals surface area (Å²) in [5.74, 6) is -0.411. The maximum atomic E-state index is 12.1. The summed E-state index contributed by atoms with van der Waals surface area (Å²) in [4.78, 5) is 13.4. The molecule has 0 unspecified atom stereocenters. The molecule has 0 spiro atoms. The largest absolute Gasteiger partial charge is 0.395 e. The van der Waals surface area contributed by atoms with Crippen molar-refractivity contribution in [3.05, 3.63) is 11.4 Å². The Labute approximate surface area is 106 Å². The van der Waals surface area contributed by atoms with Crippen LogP contribution in [-0.2, 0) is 16.9 Å². The summed E-state index contributed by atoms with van der Waals surface area (Å²) >= 11 is 0. The average molecular weight is 274 g/mol. The first-order chi connectivity index (χ1) is 8.13. The van der Waals surface area contributed by atoms with Crippen molar-refractivity contribution in [1.29, 1.82) is 0 Å². The van der Waals surface area contributed by atoms with Crippen molar-refractivity contribution in [2.75, 3.05) is 31.3 Å². The highest BCUT2D eigenvalue weighted by Gasteiger charge is 2.21. The van der Waals surface area contributed by atoms with Crippen LogP contribution in [0.3, 0.4) is 0 Å². The van der Waals surface area contributed by atoms with Gasteiger partial charge in [0.15, 0.2) is 0 Å². The number of sulfone groups is 1. The fraction of sp³-hybridized carbons (Fsp3) is 0.600. The van der Waals surface area contributed by atoms with Gasteiger partial charge < -0.3 is 10.6 Å². The Kier molecular flexibility index (Phi) is 4.00. The lowest BCUT2D eigenvalue weighted by atomic mass is 10.3. The zero-order chi connectivity index (χ0) is 14.1. The van der Waals surface area contributed by atoms with E-state index >= 15 is 0 Å². The normalized spacial score (nSPS) is 11.6. The SMILES string of the molecule is Cc1nn(C)c(C(=O)N(C)CCS(C)(=O)=O)c1N. The molecule has 0 fully saturated rings. The molecule has 0 aliphatic heterocycles. The van der Waals surface area contributed by atoms with Crippen LogP contribution in [0.5, 0.6) is 0 Å². The van der Waals surface area contributed by atoms with Gasteiger partial charge >= 0.3 is 0 Å². The van der Waals surface area contributed by atoms with Crippen LogP contribution in [0.1, 0.15) is 16.2 Å². The van der Waals surface area contributed by atoms with Gasteiger partial charge in [-0.3, -0.25) is 9.48 Å². The highest BCUT2D eigenvalue weighted by atomic mass is 32.2. The Bertz CT molecular complexity index is 562. The van der Waals surface area contributed by atoms with E-state index in [1.165, 1.54) is 16.6 Å². The minimum Gasteiger partial charge on any atom is -0.395 e. The van der Waals surface area contributed by atoms with Gasteiger partial charge in [-0.05, 0) is 6.92 Å². The summed E-state index contributed by atoms with van der Waals surface area (Å²) in [6.45, 7) is 1.84. The van der Waals surface area contributed by atoms with Crippen molar-refractivity contribution in [2.45, 2.75) is 6.92 Å². The Morgan fingerprint density at radius 1 is 1.50 bits per heavy atom.